The Kier molecular flexibility index (Phi) is 4.94. The average molecular weight is 391 g/mol. The highest BCUT2D eigenvalue weighted by Gasteiger charge is 2.19. The molecule has 0 spiro atoms. The molecular weight excluding hydrogens is 374 g/mol. The summed E-state index contributed by atoms with van der Waals surface area (Å²) in [4.78, 5) is 37.7. The number of nitrogens with one attached hydrogen (secondary N) is 1. The Morgan fingerprint density at radius 3 is 2.50 bits per heavy atom. The van der Waals surface area contributed by atoms with Crippen molar-refractivity contribution in [3.05, 3.63) is 77.3 Å². The second-order valence-electron chi connectivity index (χ2n) is 6.05. The molecule has 2 aromatic heterocycles. The van der Waals surface area contributed by atoms with Crippen molar-refractivity contribution < 1.29 is 4.79 Å². The van der Waals surface area contributed by atoms with Crippen LogP contribution in [0.25, 0.3) is 16.9 Å². The highest BCUT2D eigenvalue weighted by Crippen LogP contribution is 2.26. The maximum Gasteiger partial charge on any atom is 0.278 e. The third-order valence-corrected chi connectivity index (χ3v) is 5.20. The van der Waals surface area contributed by atoms with Crippen LogP contribution in [0.5, 0.6) is 0 Å². The fourth-order valence-corrected chi connectivity index (χ4v) is 3.73. The number of thioether (sulfide) groups is 1. The van der Waals surface area contributed by atoms with Gasteiger partial charge in [0.25, 0.3) is 5.56 Å². The van der Waals surface area contributed by atoms with Crippen LogP contribution in [0.4, 0.5) is 5.69 Å². The van der Waals surface area contributed by atoms with Crippen LogP contribution >= 0.6 is 11.8 Å². The molecule has 0 aliphatic heterocycles. The summed E-state index contributed by atoms with van der Waals surface area (Å²) in [6, 6.07) is 19.0. The number of aromatic amines is 1. The van der Waals surface area contributed by atoms with E-state index in [-0.39, 0.29) is 22.7 Å². The molecule has 0 aliphatic rings. The van der Waals surface area contributed by atoms with Gasteiger partial charge < -0.3 is 9.88 Å². The van der Waals surface area contributed by atoms with Gasteiger partial charge in [-0.15, -0.1) is 0 Å². The highest BCUT2D eigenvalue weighted by molar-refractivity contribution is 7.99. The third-order valence-electron chi connectivity index (χ3n) is 4.28. The summed E-state index contributed by atoms with van der Waals surface area (Å²) in [5.41, 5.74) is 2.05. The topological polar surface area (TPSA) is 83.9 Å². The zero-order valence-electron chi connectivity index (χ0n) is 15.1. The van der Waals surface area contributed by atoms with Gasteiger partial charge in [0.05, 0.1) is 12.1 Å². The van der Waals surface area contributed by atoms with Gasteiger partial charge in [0.15, 0.2) is 16.3 Å². The Morgan fingerprint density at radius 1 is 1.11 bits per heavy atom. The van der Waals surface area contributed by atoms with Crippen molar-refractivity contribution in [1.82, 2.24) is 19.5 Å². The monoisotopic (exact) mass is 391 g/mol. The van der Waals surface area contributed by atoms with E-state index in [1.54, 1.807) is 16.5 Å². The number of aromatic nitrogens is 4. The van der Waals surface area contributed by atoms with Gasteiger partial charge in [-0.05, 0) is 24.3 Å². The first-order valence-corrected chi connectivity index (χ1v) is 9.59. The van der Waals surface area contributed by atoms with Gasteiger partial charge in [0, 0.05) is 18.4 Å². The predicted molar refractivity (Wildman–Crippen MR) is 110 cm³/mol. The molecule has 2 heterocycles. The molecule has 0 fully saturated rings. The average Bonchev–Trinajstić information content (AvgIpc) is 3.12. The van der Waals surface area contributed by atoms with Crippen LogP contribution in [0, 0.1) is 0 Å². The van der Waals surface area contributed by atoms with Crippen molar-refractivity contribution in [2.24, 2.45) is 0 Å². The number of carbonyl (C=O) groups is 1. The highest BCUT2D eigenvalue weighted by atomic mass is 32.2. The molecule has 0 unspecified atom stereocenters. The first-order valence-electron chi connectivity index (χ1n) is 8.61. The lowest BCUT2D eigenvalue weighted by Gasteiger charge is -2.17. The Labute approximate surface area is 165 Å². The Morgan fingerprint density at radius 2 is 1.79 bits per heavy atom. The summed E-state index contributed by atoms with van der Waals surface area (Å²) in [6.45, 7) is 0. The molecule has 0 bridgehead atoms. The van der Waals surface area contributed by atoms with E-state index < -0.39 is 0 Å². The quantitative estimate of drug-likeness (QED) is 0.529. The molecular formula is C20H17N5O2S. The second-order valence-corrected chi connectivity index (χ2v) is 6.99. The zero-order valence-corrected chi connectivity index (χ0v) is 15.9. The largest absolute Gasteiger partial charge is 0.315 e. The van der Waals surface area contributed by atoms with Crippen molar-refractivity contribution in [1.29, 1.82) is 0 Å². The lowest BCUT2D eigenvalue weighted by Crippen LogP contribution is -2.27. The number of hydrogen-bond donors (Lipinski definition) is 1. The van der Waals surface area contributed by atoms with Crippen LogP contribution in [-0.2, 0) is 4.79 Å². The Balaban J connectivity index is 1.66. The maximum atomic E-state index is 12.6. The summed E-state index contributed by atoms with van der Waals surface area (Å²) in [7, 11) is 1.74. The lowest BCUT2D eigenvalue weighted by atomic mass is 10.3. The van der Waals surface area contributed by atoms with E-state index in [0.717, 1.165) is 11.4 Å². The number of amides is 1. The molecule has 0 aliphatic carbocycles. The smallest absolute Gasteiger partial charge is 0.278 e. The number of H-pyrrole nitrogens is 1. The summed E-state index contributed by atoms with van der Waals surface area (Å²) in [6.07, 6.45) is 1.36. The summed E-state index contributed by atoms with van der Waals surface area (Å²) in [5, 5.41) is 0.542. The van der Waals surface area contributed by atoms with Gasteiger partial charge in [-0.2, -0.15) is 0 Å². The SMILES string of the molecule is CN(C(=O)CSc1nc2c(=O)[nH]cnc2n1-c1ccccc1)c1ccccc1. The van der Waals surface area contributed by atoms with E-state index in [9.17, 15) is 9.59 Å². The number of benzene rings is 2. The summed E-state index contributed by atoms with van der Waals surface area (Å²) in [5.74, 6) is 0.115. The fourth-order valence-electron chi connectivity index (χ4n) is 2.81. The molecule has 8 heteroatoms. The van der Waals surface area contributed by atoms with Crippen LogP contribution < -0.4 is 10.5 Å². The Hall–Kier alpha value is -3.39. The van der Waals surface area contributed by atoms with Gasteiger partial charge in [0.1, 0.15) is 0 Å². The number of imidazole rings is 1. The molecule has 4 aromatic rings. The lowest BCUT2D eigenvalue weighted by molar-refractivity contribution is -0.115. The molecule has 0 radical (unpaired) electrons. The fraction of sp³-hybridized carbons (Fsp3) is 0.100. The molecule has 1 amide bonds. The van der Waals surface area contributed by atoms with Gasteiger partial charge in [-0.3, -0.25) is 14.2 Å². The maximum absolute atomic E-state index is 12.6. The standard InChI is InChI=1S/C20H17N5O2S/c1-24(14-8-4-2-5-9-14)16(26)12-28-20-23-17-18(21-13-22-19(17)27)25(20)15-10-6-3-7-11-15/h2-11,13H,12H2,1H3,(H,21,22,27). The Bertz CT molecular complexity index is 1170. The first kappa shape index (κ1) is 18.0. The number of rotatable bonds is 5. The molecule has 0 saturated carbocycles. The summed E-state index contributed by atoms with van der Waals surface area (Å²) < 4.78 is 1.80. The van der Waals surface area contributed by atoms with Crippen molar-refractivity contribution in [3.63, 3.8) is 0 Å². The van der Waals surface area contributed by atoms with Crippen molar-refractivity contribution in [2.45, 2.75) is 5.16 Å². The van der Waals surface area contributed by atoms with E-state index in [4.69, 9.17) is 0 Å². The van der Waals surface area contributed by atoms with Crippen molar-refractivity contribution in [2.75, 3.05) is 17.7 Å². The molecule has 2 aromatic carbocycles. The van der Waals surface area contributed by atoms with Gasteiger partial charge in [-0.25, -0.2) is 9.97 Å². The van der Waals surface area contributed by atoms with Gasteiger partial charge >= 0.3 is 0 Å². The molecule has 0 atom stereocenters. The summed E-state index contributed by atoms with van der Waals surface area (Å²) >= 11 is 1.28. The van der Waals surface area contributed by atoms with Crippen molar-refractivity contribution in [3.8, 4) is 5.69 Å². The number of nitrogens with zero attached hydrogens (tertiary/aromatic N) is 4. The van der Waals surface area contributed by atoms with E-state index in [1.165, 1.54) is 18.1 Å². The molecule has 4 rings (SSSR count). The van der Waals surface area contributed by atoms with Gasteiger partial charge in [0.2, 0.25) is 5.91 Å². The molecule has 1 N–H and O–H groups in total. The molecule has 140 valence electrons. The van der Waals surface area contributed by atoms with Crippen molar-refractivity contribution >= 4 is 34.5 Å². The zero-order chi connectivity index (χ0) is 19.5. The number of anilines is 1. The second kappa shape index (κ2) is 7.69. The minimum atomic E-state index is -0.311. The first-order chi connectivity index (χ1) is 13.6. The third kappa shape index (κ3) is 3.41. The predicted octanol–water partition coefficient (Wildman–Crippen LogP) is 2.86. The van der Waals surface area contributed by atoms with Gasteiger partial charge in [-0.1, -0.05) is 48.2 Å². The van der Waals surface area contributed by atoms with Crippen LogP contribution in [-0.4, -0.2) is 38.2 Å². The minimum Gasteiger partial charge on any atom is -0.315 e. The molecule has 28 heavy (non-hydrogen) atoms. The van der Waals surface area contributed by atoms with Crippen LogP contribution in [0.15, 0.2) is 76.9 Å². The minimum absolute atomic E-state index is 0.0651. The van der Waals surface area contributed by atoms with E-state index in [1.807, 2.05) is 60.7 Å². The molecule has 0 saturated heterocycles. The van der Waals surface area contributed by atoms with Crippen LogP contribution in [0.2, 0.25) is 0 Å². The van der Waals surface area contributed by atoms with Crippen LogP contribution in [0.3, 0.4) is 0 Å². The van der Waals surface area contributed by atoms with Crippen LogP contribution in [0.1, 0.15) is 0 Å². The van der Waals surface area contributed by atoms with E-state index in [0.29, 0.717) is 10.8 Å². The van der Waals surface area contributed by atoms with E-state index >= 15 is 0 Å². The molecule has 7 nitrogen and oxygen atoms in total. The number of para-hydroxylation sites is 2. The number of fused-ring (bicyclic) bond motifs is 1. The van der Waals surface area contributed by atoms with E-state index in [2.05, 4.69) is 15.0 Å². The normalized spacial score (nSPS) is 10.9. The number of carbonyl (C=O) groups excluding carboxylic acids is 1. The number of hydrogen-bond acceptors (Lipinski definition) is 5.